The Balaban J connectivity index is 1.56. The highest BCUT2D eigenvalue weighted by atomic mass is 35.5. The molecule has 0 saturated heterocycles. The normalized spacial score (nSPS) is 12.4. The van der Waals surface area contributed by atoms with E-state index in [1.165, 1.54) is 5.56 Å². The second-order valence-electron chi connectivity index (χ2n) is 6.95. The molecule has 0 aliphatic heterocycles. The maximum absolute atomic E-state index is 6.52. The van der Waals surface area contributed by atoms with Crippen LogP contribution in [0.2, 0.25) is 15.1 Å². The molecule has 0 bridgehead atoms. The van der Waals surface area contributed by atoms with Crippen molar-refractivity contribution in [3.8, 4) is 0 Å². The maximum atomic E-state index is 6.52. The van der Waals surface area contributed by atoms with Crippen LogP contribution in [0.4, 0.5) is 0 Å². The van der Waals surface area contributed by atoms with Crippen molar-refractivity contribution in [2.75, 3.05) is 19.3 Å². The third-order valence-electron chi connectivity index (χ3n) is 4.78. The molecule has 0 fully saturated rings. The number of halogens is 3. The lowest BCUT2D eigenvalue weighted by molar-refractivity contribution is 0.222. The second-order valence-corrected chi connectivity index (χ2v) is 9.34. The van der Waals surface area contributed by atoms with E-state index in [1.54, 1.807) is 6.20 Å². The zero-order chi connectivity index (χ0) is 20.6. The number of aromatic nitrogens is 2. The predicted octanol–water partition coefficient (Wildman–Crippen LogP) is 6.84. The summed E-state index contributed by atoms with van der Waals surface area (Å²) in [5.41, 5.74) is 2.39. The van der Waals surface area contributed by atoms with Gasteiger partial charge >= 0.3 is 0 Å². The molecule has 0 amide bonds. The summed E-state index contributed by atoms with van der Waals surface area (Å²) in [6.45, 7) is 1.77. The van der Waals surface area contributed by atoms with Crippen LogP contribution in [-0.2, 0) is 12.3 Å². The van der Waals surface area contributed by atoms with Gasteiger partial charge < -0.3 is 4.57 Å². The quantitative estimate of drug-likeness (QED) is 0.304. The number of nitrogens with zero attached hydrogens (tertiary/aromatic N) is 3. The molecule has 3 nitrogen and oxygen atoms in total. The predicted molar refractivity (Wildman–Crippen MR) is 126 cm³/mol. The average Bonchev–Trinajstić information content (AvgIpc) is 3.21. The smallest absolute Gasteiger partial charge is 0.0946 e. The Morgan fingerprint density at radius 3 is 2.52 bits per heavy atom. The number of rotatable bonds is 10. The van der Waals surface area contributed by atoms with Gasteiger partial charge in [-0.2, -0.15) is 11.8 Å². The van der Waals surface area contributed by atoms with Gasteiger partial charge in [-0.15, -0.1) is 0 Å². The van der Waals surface area contributed by atoms with Gasteiger partial charge in [0.25, 0.3) is 0 Å². The van der Waals surface area contributed by atoms with Gasteiger partial charge in [0, 0.05) is 39.8 Å². The Morgan fingerprint density at radius 1 is 1.07 bits per heavy atom. The monoisotopic (exact) mass is 467 g/mol. The molecule has 1 unspecified atom stereocenters. The molecule has 0 aliphatic rings. The molecule has 1 aromatic heterocycles. The number of benzene rings is 2. The lowest BCUT2D eigenvalue weighted by atomic mass is 10.1. The molecular formula is C22H24Cl3N3S. The summed E-state index contributed by atoms with van der Waals surface area (Å²) in [7, 11) is 2.15. The summed E-state index contributed by atoms with van der Waals surface area (Å²) in [6.07, 6.45) is 6.72. The van der Waals surface area contributed by atoms with Gasteiger partial charge in [0.2, 0.25) is 0 Å². The van der Waals surface area contributed by atoms with Gasteiger partial charge in [0.05, 0.1) is 12.4 Å². The fourth-order valence-electron chi connectivity index (χ4n) is 3.18. The van der Waals surface area contributed by atoms with Crippen LogP contribution < -0.4 is 0 Å². The topological polar surface area (TPSA) is 21.1 Å². The average molecular weight is 469 g/mol. The summed E-state index contributed by atoms with van der Waals surface area (Å²) in [5, 5.41) is 2.14. The first-order valence-electron chi connectivity index (χ1n) is 9.46. The van der Waals surface area contributed by atoms with Gasteiger partial charge in [0.15, 0.2) is 0 Å². The van der Waals surface area contributed by atoms with E-state index in [2.05, 4.69) is 33.6 Å². The van der Waals surface area contributed by atoms with Crippen LogP contribution in [0.5, 0.6) is 0 Å². The fourth-order valence-corrected chi connectivity index (χ4v) is 4.75. The summed E-state index contributed by atoms with van der Waals surface area (Å²) < 4.78 is 2.08. The summed E-state index contributed by atoms with van der Waals surface area (Å²) in [6, 6.07) is 14.0. The van der Waals surface area contributed by atoms with Crippen LogP contribution >= 0.6 is 46.6 Å². The molecule has 1 atom stereocenters. The van der Waals surface area contributed by atoms with Gasteiger partial charge in [0.1, 0.15) is 0 Å². The number of hydrogen-bond donors (Lipinski definition) is 0. The molecule has 0 saturated carbocycles. The maximum Gasteiger partial charge on any atom is 0.0946 e. The Hall–Kier alpha value is -1.17. The van der Waals surface area contributed by atoms with Crippen LogP contribution in [0.1, 0.15) is 23.6 Å². The van der Waals surface area contributed by atoms with Gasteiger partial charge in [-0.3, -0.25) is 4.90 Å². The van der Waals surface area contributed by atoms with E-state index in [0.29, 0.717) is 10.0 Å². The van der Waals surface area contributed by atoms with Gasteiger partial charge in [-0.25, -0.2) is 4.98 Å². The molecule has 0 radical (unpaired) electrons. The number of thioether (sulfide) groups is 1. The van der Waals surface area contributed by atoms with E-state index < -0.39 is 0 Å². The van der Waals surface area contributed by atoms with E-state index in [-0.39, 0.29) is 6.04 Å². The highest BCUT2D eigenvalue weighted by molar-refractivity contribution is 7.98. The van der Waals surface area contributed by atoms with Crippen LogP contribution in [-0.4, -0.2) is 33.8 Å². The van der Waals surface area contributed by atoms with Crippen molar-refractivity contribution in [2.45, 2.75) is 24.8 Å². The Bertz CT molecular complexity index is 885. The van der Waals surface area contributed by atoms with E-state index in [9.17, 15) is 0 Å². The minimum atomic E-state index is 0.148. The highest BCUT2D eigenvalue weighted by Crippen LogP contribution is 2.31. The molecule has 0 aliphatic carbocycles. The van der Waals surface area contributed by atoms with Crippen molar-refractivity contribution in [3.63, 3.8) is 0 Å². The van der Waals surface area contributed by atoms with Crippen LogP contribution in [0.25, 0.3) is 0 Å². The van der Waals surface area contributed by atoms with Crippen LogP contribution in [0.3, 0.4) is 0 Å². The molecule has 7 heteroatoms. The Labute approximate surface area is 192 Å². The van der Waals surface area contributed by atoms with Crippen molar-refractivity contribution in [2.24, 2.45) is 0 Å². The van der Waals surface area contributed by atoms with Crippen molar-refractivity contribution in [1.82, 2.24) is 14.5 Å². The molecule has 2 aromatic carbocycles. The third kappa shape index (κ3) is 6.94. The van der Waals surface area contributed by atoms with Crippen molar-refractivity contribution in [1.29, 1.82) is 0 Å². The van der Waals surface area contributed by atoms with Crippen molar-refractivity contribution < 1.29 is 0 Å². The fraction of sp³-hybridized carbons (Fsp3) is 0.318. The minimum absolute atomic E-state index is 0.148. The van der Waals surface area contributed by atoms with Crippen LogP contribution in [0, 0.1) is 0 Å². The van der Waals surface area contributed by atoms with Gasteiger partial charge in [-0.1, -0.05) is 53.0 Å². The number of likely N-dealkylation sites (N-methyl/N-ethyl adjacent to an activating group) is 1. The zero-order valence-corrected chi connectivity index (χ0v) is 19.4. The summed E-state index contributed by atoms with van der Waals surface area (Å²) in [5.74, 6) is 2.10. The lowest BCUT2D eigenvalue weighted by Gasteiger charge is -2.29. The lowest BCUT2D eigenvalue weighted by Crippen LogP contribution is -2.29. The van der Waals surface area contributed by atoms with E-state index in [4.69, 9.17) is 34.8 Å². The zero-order valence-electron chi connectivity index (χ0n) is 16.3. The molecular weight excluding hydrogens is 445 g/mol. The molecule has 154 valence electrons. The van der Waals surface area contributed by atoms with E-state index in [1.807, 2.05) is 54.6 Å². The molecule has 3 aromatic rings. The van der Waals surface area contributed by atoms with E-state index in [0.717, 1.165) is 41.6 Å². The molecule has 29 heavy (non-hydrogen) atoms. The first-order chi connectivity index (χ1) is 14.0. The molecule has 0 spiro atoms. The van der Waals surface area contributed by atoms with Crippen molar-refractivity contribution in [3.05, 3.63) is 87.4 Å². The number of hydrogen-bond acceptors (Lipinski definition) is 3. The Morgan fingerprint density at radius 2 is 1.83 bits per heavy atom. The Kier molecular flexibility index (Phi) is 8.76. The summed E-state index contributed by atoms with van der Waals surface area (Å²) in [4.78, 5) is 6.52. The standard InChI is InChI=1S/C22H24Cl3N3S/c1-27(10-2-12-29-15-17-3-5-18(23)6-4-17)22(14-28-11-9-26-16-28)20-8-7-19(24)13-21(20)25/h3-9,11,13,16,22H,2,10,12,14-15H2,1H3. The minimum Gasteiger partial charge on any atom is -0.336 e. The van der Waals surface area contributed by atoms with Crippen LogP contribution in [0.15, 0.2) is 61.2 Å². The first-order valence-corrected chi connectivity index (χ1v) is 11.7. The largest absolute Gasteiger partial charge is 0.336 e. The van der Waals surface area contributed by atoms with Gasteiger partial charge in [-0.05, 0) is 61.2 Å². The number of imidazole rings is 1. The third-order valence-corrected chi connectivity index (χ3v) is 6.71. The second kappa shape index (κ2) is 11.3. The molecule has 0 N–H and O–H groups in total. The highest BCUT2D eigenvalue weighted by Gasteiger charge is 2.20. The van der Waals surface area contributed by atoms with E-state index >= 15 is 0 Å². The first kappa shape index (κ1) is 22.5. The SMILES string of the molecule is CN(CCCSCc1ccc(Cl)cc1)C(Cn1ccnc1)c1ccc(Cl)cc1Cl. The molecule has 3 rings (SSSR count). The summed E-state index contributed by atoms with van der Waals surface area (Å²) >= 11 is 20.5. The molecule has 1 heterocycles. The van der Waals surface area contributed by atoms with Crippen molar-refractivity contribution >= 4 is 46.6 Å².